The van der Waals surface area contributed by atoms with Gasteiger partial charge >= 0.3 is 0 Å². The van der Waals surface area contributed by atoms with E-state index < -0.39 is 17.7 Å². The van der Waals surface area contributed by atoms with Crippen LogP contribution in [-0.4, -0.2) is 41.5 Å². The molecule has 1 saturated heterocycles. The molecular formula is C29H37NO5. The van der Waals surface area contributed by atoms with Crippen LogP contribution in [0.4, 0.5) is 0 Å². The molecular weight excluding hydrogens is 442 g/mol. The van der Waals surface area contributed by atoms with Crippen LogP contribution in [0.3, 0.4) is 0 Å². The van der Waals surface area contributed by atoms with E-state index in [1.165, 1.54) is 0 Å². The van der Waals surface area contributed by atoms with Gasteiger partial charge in [-0.05, 0) is 48.9 Å². The number of benzene rings is 2. The molecule has 1 atom stereocenters. The summed E-state index contributed by atoms with van der Waals surface area (Å²) in [6, 6.07) is 12.4. The summed E-state index contributed by atoms with van der Waals surface area (Å²) < 4.78 is 11.3. The second-order valence-electron chi connectivity index (χ2n) is 9.74. The van der Waals surface area contributed by atoms with Gasteiger partial charge < -0.3 is 19.5 Å². The fraction of sp³-hybridized carbons (Fsp3) is 0.448. The van der Waals surface area contributed by atoms with E-state index in [1.54, 1.807) is 23.1 Å². The number of ketones is 1. The Morgan fingerprint density at radius 2 is 1.63 bits per heavy atom. The Hall–Kier alpha value is -3.28. The minimum atomic E-state index is -0.681. The van der Waals surface area contributed by atoms with E-state index in [0.29, 0.717) is 36.8 Å². The Balaban J connectivity index is 2.18. The van der Waals surface area contributed by atoms with Gasteiger partial charge in [0, 0.05) is 12.6 Å². The SMILES string of the molecule is CCCCN1C(=O)C(=O)/C(=C(\O)c2ccc(OCC)cc2OCC)C1c1ccc(C(C)(C)C)cc1. The van der Waals surface area contributed by atoms with Gasteiger partial charge in [-0.25, -0.2) is 0 Å². The molecule has 0 bridgehead atoms. The second-order valence-corrected chi connectivity index (χ2v) is 9.74. The molecule has 1 N–H and O–H groups in total. The third-order valence-corrected chi connectivity index (χ3v) is 6.20. The van der Waals surface area contributed by atoms with Crippen LogP contribution in [0, 0.1) is 0 Å². The molecule has 1 aliphatic heterocycles. The summed E-state index contributed by atoms with van der Waals surface area (Å²) in [7, 11) is 0. The van der Waals surface area contributed by atoms with Gasteiger partial charge in [0.1, 0.15) is 17.3 Å². The molecule has 0 aromatic heterocycles. The Labute approximate surface area is 208 Å². The topological polar surface area (TPSA) is 76.1 Å². The molecule has 3 rings (SSSR count). The van der Waals surface area contributed by atoms with Gasteiger partial charge in [-0.15, -0.1) is 0 Å². The minimum Gasteiger partial charge on any atom is -0.507 e. The van der Waals surface area contributed by atoms with Crippen LogP contribution in [0.1, 0.15) is 77.1 Å². The maximum Gasteiger partial charge on any atom is 0.295 e. The van der Waals surface area contributed by atoms with Gasteiger partial charge in [0.2, 0.25) is 0 Å². The molecule has 6 heteroatoms. The summed E-state index contributed by atoms with van der Waals surface area (Å²) in [6.45, 7) is 13.5. The number of carbonyl (C=O) groups excluding carboxylic acids is 2. The third kappa shape index (κ3) is 5.53. The predicted octanol–water partition coefficient (Wildman–Crippen LogP) is 6.00. The van der Waals surface area contributed by atoms with Crippen molar-refractivity contribution in [1.82, 2.24) is 4.90 Å². The van der Waals surface area contributed by atoms with Gasteiger partial charge in [-0.2, -0.15) is 0 Å². The number of aliphatic hydroxyl groups excluding tert-OH is 1. The third-order valence-electron chi connectivity index (χ3n) is 6.20. The van der Waals surface area contributed by atoms with E-state index in [1.807, 2.05) is 45.0 Å². The number of hydrogen-bond donors (Lipinski definition) is 1. The number of amides is 1. The summed E-state index contributed by atoms with van der Waals surface area (Å²) in [4.78, 5) is 27.9. The molecule has 1 fully saturated rings. The van der Waals surface area contributed by atoms with Crippen LogP contribution >= 0.6 is 0 Å². The lowest BCUT2D eigenvalue weighted by Gasteiger charge is -2.26. The van der Waals surface area contributed by atoms with Crippen LogP contribution in [0.15, 0.2) is 48.0 Å². The molecule has 0 spiro atoms. The molecule has 6 nitrogen and oxygen atoms in total. The molecule has 1 unspecified atom stereocenters. The van der Waals surface area contributed by atoms with E-state index in [4.69, 9.17) is 9.47 Å². The fourth-order valence-electron chi connectivity index (χ4n) is 4.33. The van der Waals surface area contributed by atoms with E-state index in [-0.39, 0.29) is 16.7 Å². The first-order valence-electron chi connectivity index (χ1n) is 12.4. The average molecular weight is 480 g/mol. The van der Waals surface area contributed by atoms with Crippen molar-refractivity contribution in [1.29, 1.82) is 0 Å². The number of carbonyl (C=O) groups is 2. The number of ether oxygens (including phenoxy) is 2. The summed E-state index contributed by atoms with van der Waals surface area (Å²) >= 11 is 0. The molecule has 1 heterocycles. The van der Waals surface area contributed by atoms with Crippen molar-refractivity contribution in [3.8, 4) is 11.5 Å². The van der Waals surface area contributed by atoms with Crippen LogP contribution in [0.5, 0.6) is 11.5 Å². The van der Waals surface area contributed by atoms with E-state index in [9.17, 15) is 14.7 Å². The standard InChI is InChI=1S/C29H37NO5/c1-7-10-17-30-25(19-11-13-20(14-12-19)29(4,5)6)24(27(32)28(30)33)26(31)22-16-15-21(34-8-2)18-23(22)35-9-3/h11-16,18,25,31H,7-10,17H2,1-6H3/b26-24-. The Kier molecular flexibility index (Phi) is 8.26. The number of likely N-dealkylation sites (tertiary alicyclic amines) is 1. The lowest BCUT2D eigenvalue weighted by Crippen LogP contribution is -2.30. The fourth-order valence-corrected chi connectivity index (χ4v) is 4.33. The molecule has 0 aliphatic carbocycles. The summed E-state index contributed by atoms with van der Waals surface area (Å²) in [5.41, 5.74) is 2.35. The largest absolute Gasteiger partial charge is 0.507 e. The average Bonchev–Trinajstić information content (AvgIpc) is 3.07. The molecule has 2 aromatic carbocycles. The lowest BCUT2D eigenvalue weighted by atomic mass is 9.85. The summed E-state index contributed by atoms with van der Waals surface area (Å²) in [5, 5.41) is 11.5. The number of Topliss-reactive ketones (excluding diaryl/α,β-unsaturated/α-hetero) is 1. The highest BCUT2D eigenvalue weighted by Gasteiger charge is 2.46. The number of unbranched alkanes of at least 4 members (excludes halogenated alkanes) is 1. The van der Waals surface area contributed by atoms with Gasteiger partial charge in [-0.1, -0.05) is 58.4 Å². The van der Waals surface area contributed by atoms with E-state index in [0.717, 1.165) is 24.0 Å². The quantitative estimate of drug-likeness (QED) is 0.271. The number of rotatable bonds is 9. The first kappa shape index (κ1) is 26.3. The maximum atomic E-state index is 13.3. The highest BCUT2D eigenvalue weighted by molar-refractivity contribution is 6.46. The number of aliphatic hydroxyl groups is 1. The van der Waals surface area contributed by atoms with Crippen LogP contribution in [0.2, 0.25) is 0 Å². The molecule has 1 aliphatic rings. The van der Waals surface area contributed by atoms with Crippen molar-refractivity contribution in [2.75, 3.05) is 19.8 Å². The Morgan fingerprint density at radius 1 is 0.971 bits per heavy atom. The van der Waals surface area contributed by atoms with Gasteiger partial charge in [0.05, 0.1) is 30.4 Å². The zero-order valence-electron chi connectivity index (χ0n) is 21.7. The summed E-state index contributed by atoms with van der Waals surface area (Å²) in [6.07, 6.45) is 1.64. The van der Waals surface area contributed by atoms with Crippen molar-refractivity contribution < 1.29 is 24.2 Å². The van der Waals surface area contributed by atoms with Gasteiger partial charge in [-0.3, -0.25) is 9.59 Å². The smallest absolute Gasteiger partial charge is 0.295 e. The van der Waals surface area contributed by atoms with E-state index in [2.05, 4.69) is 20.8 Å². The molecule has 1 amide bonds. The minimum absolute atomic E-state index is 0.0305. The zero-order chi connectivity index (χ0) is 25.8. The molecule has 188 valence electrons. The second kappa shape index (κ2) is 11.0. The molecule has 0 saturated carbocycles. The van der Waals surface area contributed by atoms with Crippen LogP contribution in [-0.2, 0) is 15.0 Å². The van der Waals surface area contributed by atoms with Gasteiger partial charge in [0.25, 0.3) is 11.7 Å². The summed E-state index contributed by atoms with van der Waals surface area (Å²) in [5.74, 6) is -0.505. The normalized spacial score (nSPS) is 17.7. The molecule has 0 radical (unpaired) electrons. The highest BCUT2D eigenvalue weighted by atomic mass is 16.5. The van der Waals surface area contributed by atoms with Crippen molar-refractivity contribution >= 4 is 17.4 Å². The predicted molar refractivity (Wildman–Crippen MR) is 138 cm³/mol. The van der Waals surface area contributed by atoms with Crippen LogP contribution in [0.25, 0.3) is 5.76 Å². The van der Waals surface area contributed by atoms with Crippen molar-refractivity contribution in [3.05, 3.63) is 64.7 Å². The van der Waals surface area contributed by atoms with Crippen molar-refractivity contribution in [2.45, 2.75) is 65.8 Å². The van der Waals surface area contributed by atoms with E-state index >= 15 is 0 Å². The zero-order valence-corrected chi connectivity index (χ0v) is 21.7. The Morgan fingerprint density at radius 3 is 2.20 bits per heavy atom. The molecule has 2 aromatic rings. The van der Waals surface area contributed by atoms with Gasteiger partial charge in [0.15, 0.2) is 0 Å². The first-order valence-corrected chi connectivity index (χ1v) is 12.4. The maximum absolute atomic E-state index is 13.3. The highest BCUT2D eigenvalue weighted by Crippen LogP contribution is 2.42. The number of nitrogens with zero attached hydrogens (tertiary/aromatic N) is 1. The monoisotopic (exact) mass is 479 g/mol. The number of hydrogen-bond acceptors (Lipinski definition) is 5. The lowest BCUT2D eigenvalue weighted by molar-refractivity contribution is -0.139. The van der Waals surface area contributed by atoms with Crippen molar-refractivity contribution in [2.24, 2.45) is 0 Å². The first-order chi connectivity index (χ1) is 16.6. The van der Waals surface area contributed by atoms with Crippen LogP contribution < -0.4 is 9.47 Å². The van der Waals surface area contributed by atoms with Crippen molar-refractivity contribution in [3.63, 3.8) is 0 Å². The molecule has 35 heavy (non-hydrogen) atoms. The Bertz CT molecular complexity index is 1100.